The van der Waals surface area contributed by atoms with Crippen LogP contribution in [0.15, 0.2) is 36.5 Å². The highest BCUT2D eigenvalue weighted by Gasteiger charge is 2.22. The molecule has 1 heterocycles. The molecular weight excluding hydrogens is 291 g/mol. The minimum absolute atomic E-state index is 0.00403. The van der Waals surface area contributed by atoms with Crippen molar-refractivity contribution in [1.29, 1.82) is 0 Å². The normalized spacial score (nSPS) is 12.0. The molecule has 21 heavy (non-hydrogen) atoms. The van der Waals surface area contributed by atoms with E-state index in [0.717, 1.165) is 23.4 Å². The molecule has 0 aliphatic heterocycles. The van der Waals surface area contributed by atoms with Crippen molar-refractivity contribution >= 4 is 17.5 Å². The lowest BCUT2D eigenvalue weighted by atomic mass is 10.0. The topological polar surface area (TPSA) is 33.2 Å². The number of hydrogen-bond donors (Lipinski definition) is 0. The fraction of sp³-hybridized carbons (Fsp3) is 0.250. The molecule has 2 aromatic rings. The number of carbonyl (C=O) groups is 1. The average molecular weight is 307 g/mol. The second-order valence-electron chi connectivity index (χ2n) is 4.99. The average Bonchev–Trinajstić information content (AvgIpc) is 2.48. The van der Waals surface area contributed by atoms with Gasteiger partial charge in [0, 0.05) is 7.05 Å². The van der Waals surface area contributed by atoms with Crippen LogP contribution in [0.25, 0.3) is 0 Å². The monoisotopic (exact) mass is 306 g/mol. The molecule has 1 unspecified atom stereocenters. The number of amides is 1. The van der Waals surface area contributed by atoms with Crippen LogP contribution in [0, 0.1) is 12.7 Å². The van der Waals surface area contributed by atoms with Crippen LogP contribution in [0.5, 0.6) is 0 Å². The van der Waals surface area contributed by atoms with E-state index in [9.17, 15) is 9.18 Å². The summed E-state index contributed by atoms with van der Waals surface area (Å²) in [6, 6.07) is 8.86. The van der Waals surface area contributed by atoms with Crippen LogP contribution in [0.4, 0.5) is 4.39 Å². The summed E-state index contributed by atoms with van der Waals surface area (Å²) >= 11 is 5.88. The molecule has 1 aromatic carbocycles. The number of aromatic nitrogens is 1. The third-order valence-electron chi connectivity index (χ3n) is 3.50. The Kier molecular flexibility index (Phi) is 4.58. The Hall–Kier alpha value is -1.94. The van der Waals surface area contributed by atoms with Gasteiger partial charge in [-0.1, -0.05) is 41.4 Å². The van der Waals surface area contributed by atoms with Gasteiger partial charge < -0.3 is 4.90 Å². The van der Waals surface area contributed by atoms with Crippen molar-refractivity contribution in [2.24, 2.45) is 0 Å². The number of halogens is 2. The number of pyridine rings is 1. The summed E-state index contributed by atoms with van der Waals surface area (Å²) in [6.45, 7) is 3.91. The largest absolute Gasteiger partial charge is 0.335 e. The molecule has 2 rings (SSSR count). The Balaban J connectivity index is 2.26. The lowest BCUT2D eigenvalue weighted by molar-refractivity contribution is 0.0742. The molecule has 0 saturated heterocycles. The SMILES string of the molecule is Cc1ccc(C(C)N(C)C(=O)c2cc(F)cnc2Cl)cc1. The Morgan fingerprint density at radius 3 is 2.57 bits per heavy atom. The third-order valence-corrected chi connectivity index (χ3v) is 3.80. The van der Waals surface area contributed by atoms with E-state index >= 15 is 0 Å². The van der Waals surface area contributed by atoms with Gasteiger partial charge >= 0.3 is 0 Å². The number of hydrogen-bond acceptors (Lipinski definition) is 2. The van der Waals surface area contributed by atoms with E-state index in [2.05, 4.69) is 4.98 Å². The van der Waals surface area contributed by atoms with Crippen molar-refractivity contribution in [1.82, 2.24) is 9.88 Å². The van der Waals surface area contributed by atoms with Crippen molar-refractivity contribution in [3.63, 3.8) is 0 Å². The van der Waals surface area contributed by atoms with Gasteiger partial charge in [0.05, 0.1) is 17.8 Å². The van der Waals surface area contributed by atoms with Crippen LogP contribution >= 0.6 is 11.6 Å². The lowest BCUT2D eigenvalue weighted by Gasteiger charge is -2.25. The van der Waals surface area contributed by atoms with Gasteiger partial charge in [0.2, 0.25) is 0 Å². The quantitative estimate of drug-likeness (QED) is 0.803. The molecule has 0 saturated carbocycles. The fourth-order valence-corrected chi connectivity index (χ4v) is 2.19. The van der Waals surface area contributed by atoms with Crippen molar-refractivity contribution in [3.05, 3.63) is 64.2 Å². The van der Waals surface area contributed by atoms with E-state index in [1.54, 1.807) is 7.05 Å². The van der Waals surface area contributed by atoms with E-state index < -0.39 is 5.82 Å². The lowest BCUT2D eigenvalue weighted by Crippen LogP contribution is -2.30. The van der Waals surface area contributed by atoms with Crippen LogP contribution in [0.1, 0.15) is 34.5 Å². The highest BCUT2D eigenvalue weighted by atomic mass is 35.5. The summed E-state index contributed by atoms with van der Waals surface area (Å²) in [7, 11) is 1.66. The molecule has 3 nitrogen and oxygen atoms in total. The third kappa shape index (κ3) is 3.39. The van der Waals surface area contributed by atoms with Gasteiger partial charge in [-0.25, -0.2) is 9.37 Å². The molecule has 0 bridgehead atoms. The van der Waals surface area contributed by atoms with Crippen LogP contribution in [0.3, 0.4) is 0 Å². The smallest absolute Gasteiger partial charge is 0.257 e. The molecule has 1 aromatic heterocycles. The molecule has 0 aliphatic carbocycles. The predicted molar refractivity (Wildman–Crippen MR) is 80.9 cm³/mol. The first-order valence-electron chi connectivity index (χ1n) is 6.55. The summed E-state index contributed by atoms with van der Waals surface area (Å²) in [5.74, 6) is -0.945. The van der Waals surface area contributed by atoms with Gasteiger partial charge in [-0.2, -0.15) is 0 Å². The zero-order valence-electron chi connectivity index (χ0n) is 12.1. The Labute approximate surface area is 128 Å². The predicted octanol–water partition coefficient (Wildman–Crippen LogP) is 4.02. The molecule has 5 heteroatoms. The minimum Gasteiger partial charge on any atom is -0.335 e. The molecular formula is C16H16ClFN2O. The molecule has 0 aliphatic rings. The maximum Gasteiger partial charge on any atom is 0.257 e. The highest BCUT2D eigenvalue weighted by Crippen LogP contribution is 2.23. The van der Waals surface area contributed by atoms with Crippen LogP contribution in [-0.2, 0) is 0 Å². The zero-order chi connectivity index (χ0) is 15.6. The number of rotatable bonds is 3. The fourth-order valence-electron chi connectivity index (χ4n) is 2.01. The van der Waals surface area contributed by atoms with E-state index in [1.165, 1.54) is 4.90 Å². The maximum atomic E-state index is 13.2. The summed E-state index contributed by atoms with van der Waals surface area (Å²) in [5, 5.41) is 0.00403. The van der Waals surface area contributed by atoms with E-state index in [-0.39, 0.29) is 22.7 Å². The number of aryl methyl sites for hydroxylation is 1. The van der Waals surface area contributed by atoms with E-state index in [0.29, 0.717) is 0 Å². The molecule has 0 N–H and O–H groups in total. The van der Waals surface area contributed by atoms with Crippen LogP contribution in [0.2, 0.25) is 5.15 Å². The first-order valence-corrected chi connectivity index (χ1v) is 6.92. The van der Waals surface area contributed by atoms with Crippen molar-refractivity contribution in [2.45, 2.75) is 19.9 Å². The molecule has 110 valence electrons. The van der Waals surface area contributed by atoms with E-state index in [1.807, 2.05) is 38.1 Å². The van der Waals surface area contributed by atoms with Gasteiger partial charge in [0.15, 0.2) is 0 Å². The highest BCUT2D eigenvalue weighted by molar-refractivity contribution is 6.32. The number of benzene rings is 1. The standard InChI is InChI=1S/C16H16ClFN2O/c1-10-4-6-12(7-5-10)11(2)20(3)16(21)14-8-13(18)9-19-15(14)17/h4-9,11H,1-3H3. The Morgan fingerprint density at radius 1 is 1.33 bits per heavy atom. The van der Waals surface area contributed by atoms with E-state index in [4.69, 9.17) is 11.6 Å². The van der Waals surface area contributed by atoms with Crippen LogP contribution < -0.4 is 0 Å². The van der Waals surface area contributed by atoms with Gasteiger partial charge in [0.1, 0.15) is 11.0 Å². The number of carbonyl (C=O) groups excluding carboxylic acids is 1. The summed E-state index contributed by atoms with van der Waals surface area (Å²) in [5.41, 5.74) is 2.22. The van der Waals surface area contributed by atoms with Gasteiger partial charge in [-0.3, -0.25) is 4.79 Å². The Bertz CT molecular complexity index is 658. The van der Waals surface area contributed by atoms with Gasteiger partial charge in [-0.15, -0.1) is 0 Å². The van der Waals surface area contributed by atoms with Crippen LogP contribution in [-0.4, -0.2) is 22.8 Å². The van der Waals surface area contributed by atoms with Crippen molar-refractivity contribution in [2.75, 3.05) is 7.05 Å². The Morgan fingerprint density at radius 2 is 1.95 bits per heavy atom. The maximum absolute atomic E-state index is 13.2. The molecule has 0 spiro atoms. The van der Waals surface area contributed by atoms with Crippen molar-refractivity contribution < 1.29 is 9.18 Å². The summed E-state index contributed by atoms with van der Waals surface area (Å²) in [6.07, 6.45) is 0.989. The van der Waals surface area contributed by atoms with Gasteiger partial charge in [0.25, 0.3) is 5.91 Å². The molecule has 0 radical (unpaired) electrons. The summed E-state index contributed by atoms with van der Waals surface area (Å²) in [4.78, 5) is 17.6. The minimum atomic E-state index is -0.584. The summed E-state index contributed by atoms with van der Waals surface area (Å²) < 4.78 is 13.2. The van der Waals surface area contributed by atoms with Crippen molar-refractivity contribution in [3.8, 4) is 0 Å². The molecule has 0 fully saturated rings. The second-order valence-corrected chi connectivity index (χ2v) is 5.35. The molecule has 1 amide bonds. The first kappa shape index (κ1) is 15.4. The zero-order valence-corrected chi connectivity index (χ0v) is 12.9. The second kappa shape index (κ2) is 6.22. The molecule has 1 atom stereocenters. The van der Waals surface area contributed by atoms with Gasteiger partial charge in [-0.05, 0) is 25.5 Å². The number of nitrogens with zero attached hydrogens (tertiary/aromatic N) is 2. The first-order chi connectivity index (χ1) is 9.90.